The molecule has 0 aliphatic rings. The van der Waals surface area contributed by atoms with E-state index in [0.717, 1.165) is 6.54 Å². The second-order valence-corrected chi connectivity index (χ2v) is 4.17. The van der Waals surface area contributed by atoms with Crippen molar-refractivity contribution in [1.29, 1.82) is 0 Å². The summed E-state index contributed by atoms with van der Waals surface area (Å²) in [4.78, 5) is 10.6. The predicted molar refractivity (Wildman–Crippen MR) is 57.6 cm³/mol. The number of nitrogens with zero attached hydrogens (tertiary/aromatic N) is 2. The number of aromatic nitrogens is 2. The predicted octanol–water partition coefficient (Wildman–Crippen LogP) is -0.0156. The van der Waals surface area contributed by atoms with Crippen LogP contribution in [0.2, 0.25) is 0 Å². The Morgan fingerprint density at radius 1 is 1.62 bits per heavy atom. The quantitative estimate of drug-likeness (QED) is 0.656. The van der Waals surface area contributed by atoms with Crippen LogP contribution < -0.4 is 5.73 Å². The van der Waals surface area contributed by atoms with E-state index in [1.807, 2.05) is 13.8 Å². The van der Waals surface area contributed by atoms with Crippen molar-refractivity contribution in [1.82, 2.24) is 9.78 Å². The van der Waals surface area contributed by atoms with Crippen molar-refractivity contribution in [3.05, 3.63) is 18.0 Å². The second kappa shape index (κ2) is 5.09. The zero-order chi connectivity index (χ0) is 12.3. The third kappa shape index (κ3) is 3.04. The standard InChI is InChI=1S/C10H17N3O3/c1-6(2)5-13-4-3-7(12-13)9(14)8(11)10(15)16/h3-4,6,8-9,14H,5,11H2,1-2H3,(H,15,16). The molecule has 6 nitrogen and oxygen atoms in total. The number of hydrogen-bond donors (Lipinski definition) is 3. The van der Waals surface area contributed by atoms with E-state index in [0.29, 0.717) is 5.92 Å². The van der Waals surface area contributed by atoms with Crippen molar-refractivity contribution in [2.24, 2.45) is 11.7 Å². The van der Waals surface area contributed by atoms with Gasteiger partial charge >= 0.3 is 5.97 Å². The van der Waals surface area contributed by atoms with E-state index in [1.54, 1.807) is 16.9 Å². The van der Waals surface area contributed by atoms with Gasteiger partial charge in [-0.25, -0.2) is 0 Å². The van der Waals surface area contributed by atoms with Gasteiger partial charge in [0.05, 0.1) is 5.69 Å². The molecule has 0 radical (unpaired) electrons. The smallest absolute Gasteiger partial charge is 0.323 e. The maximum absolute atomic E-state index is 10.6. The summed E-state index contributed by atoms with van der Waals surface area (Å²) >= 11 is 0. The van der Waals surface area contributed by atoms with E-state index in [4.69, 9.17) is 10.8 Å². The number of carboxylic acids is 1. The van der Waals surface area contributed by atoms with Gasteiger partial charge in [-0.1, -0.05) is 13.8 Å². The lowest BCUT2D eigenvalue weighted by molar-refractivity contribution is -0.141. The molecule has 2 unspecified atom stereocenters. The SMILES string of the molecule is CC(C)Cn1ccc(C(O)C(N)C(=O)O)n1. The van der Waals surface area contributed by atoms with Gasteiger partial charge in [0.2, 0.25) is 0 Å². The molecule has 0 bridgehead atoms. The van der Waals surface area contributed by atoms with Crippen molar-refractivity contribution in [2.75, 3.05) is 0 Å². The van der Waals surface area contributed by atoms with Gasteiger partial charge in [-0.15, -0.1) is 0 Å². The maximum Gasteiger partial charge on any atom is 0.323 e. The third-order valence-electron chi connectivity index (χ3n) is 2.14. The summed E-state index contributed by atoms with van der Waals surface area (Å²) < 4.78 is 1.66. The normalized spacial score (nSPS) is 15.1. The van der Waals surface area contributed by atoms with Gasteiger partial charge in [-0.3, -0.25) is 9.48 Å². The number of nitrogens with two attached hydrogens (primary N) is 1. The number of carbonyl (C=O) groups is 1. The lowest BCUT2D eigenvalue weighted by Gasteiger charge is -2.12. The fourth-order valence-corrected chi connectivity index (χ4v) is 1.33. The van der Waals surface area contributed by atoms with Crippen molar-refractivity contribution < 1.29 is 15.0 Å². The summed E-state index contributed by atoms with van der Waals surface area (Å²) in [5, 5.41) is 22.3. The minimum Gasteiger partial charge on any atom is -0.480 e. The summed E-state index contributed by atoms with van der Waals surface area (Å²) in [6.45, 7) is 4.80. The van der Waals surface area contributed by atoms with Crippen molar-refractivity contribution in [3.8, 4) is 0 Å². The molecule has 1 aromatic heterocycles. The minimum atomic E-state index is -1.35. The molecule has 0 aliphatic carbocycles. The Morgan fingerprint density at radius 2 is 2.25 bits per heavy atom. The van der Waals surface area contributed by atoms with E-state index in [2.05, 4.69) is 5.10 Å². The summed E-state index contributed by atoms with van der Waals surface area (Å²) in [5.74, 6) is -0.816. The molecular formula is C10H17N3O3. The van der Waals surface area contributed by atoms with E-state index in [9.17, 15) is 9.90 Å². The van der Waals surface area contributed by atoms with Crippen molar-refractivity contribution in [3.63, 3.8) is 0 Å². The second-order valence-electron chi connectivity index (χ2n) is 4.17. The molecule has 0 aromatic carbocycles. The summed E-state index contributed by atoms with van der Waals surface area (Å²) in [6, 6.07) is 0.234. The Balaban J connectivity index is 2.73. The van der Waals surface area contributed by atoms with Crippen LogP contribution in [0, 0.1) is 5.92 Å². The average Bonchev–Trinajstić information content (AvgIpc) is 2.62. The Morgan fingerprint density at radius 3 is 2.75 bits per heavy atom. The first kappa shape index (κ1) is 12.7. The van der Waals surface area contributed by atoms with Gasteiger partial charge < -0.3 is 15.9 Å². The zero-order valence-corrected chi connectivity index (χ0v) is 9.37. The Labute approximate surface area is 93.7 Å². The first-order chi connectivity index (χ1) is 7.41. The highest BCUT2D eigenvalue weighted by atomic mass is 16.4. The Kier molecular flexibility index (Phi) is 4.03. The molecule has 1 heterocycles. The van der Waals surface area contributed by atoms with Crippen LogP contribution in [0.15, 0.2) is 12.3 Å². The van der Waals surface area contributed by atoms with Crippen molar-refractivity contribution >= 4 is 5.97 Å². The number of aliphatic hydroxyl groups is 1. The van der Waals surface area contributed by atoms with Gasteiger partial charge in [0.15, 0.2) is 0 Å². The number of carboxylic acid groups (broad SMARTS) is 1. The third-order valence-corrected chi connectivity index (χ3v) is 2.14. The molecule has 1 rings (SSSR count). The summed E-state index contributed by atoms with van der Waals surface area (Å²) in [5.41, 5.74) is 5.59. The fraction of sp³-hybridized carbons (Fsp3) is 0.600. The molecule has 1 aromatic rings. The fourth-order valence-electron chi connectivity index (χ4n) is 1.33. The zero-order valence-electron chi connectivity index (χ0n) is 9.37. The van der Waals surface area contributed by atoms with Crippen LogP contribution in [0.1, 0.15) is 25.6 Å². The van der Waals surface area contributed by atoms with Gasteiger partial charge in [0, 0.05) is 12.7 Å². The molecular weight excluding hydrogens is 210 g/mol. The van der Waals surface area contributed by atoms with E-state index in [-0.39, 0.29) is 5.69 Å². The van der Waals surface area contributed by atoms with Crippen LogP contribution in [-0.4, -0.2) is 32.0 Å². The monoisotopic (exact) mass is 227 g/mol. The van der Waals surface area contributed by atoms with Crippen LogP contribution in [0.25, 0.3) is 0 Å². The molecule has 0 saturated carbocycles. The highest BCUT2D eigenvalue weighted by Crippen LogP contribution is 2.13. The average molecular weight is 227 g/mol. The molecule has 0 saturated heterocycles. The van der Waals surface area contributed by atoms with Gasteiger partial charge in [0.25, 0.3) is 0 Å². The van der Waals surface area contributed by atoms with Crippen LogP contribution in [0.3, 0.4) is 0 Å². The summed E-state index contributed by atoms with van der Waals surface area (Å²) in [6.07, 6.45) is 0.429. The molecule has 2 atom stereocenters. The highest BCUT2D eigenvalue weighted by Gasteiger charge is 2.25. The van der Waals surface area contributed by atoms with Gasteiger partial charge in [-0.2, -0.15) is 5.10 Å². The molecule has 0 spiro atoms. The molecule has 0 aliphatic heterocycles. The number of hydrogen-bond acceptors (Lipinski definition) is 4. The maximum atomic E-state index is 10.6. The van der Waals surface area contributed by atoms with Crippen LogP contribution >= 0.6 is 0 Å². The van der Waals surface area contributed by atoms with E-state index < -0.39 is 18.1 Å². The topological polar surface area (TPSA) is 101 Å². The molecule has 0 fully saturated rings. The minimum absolute atomic E-state index is 0.288. The van der Waals surface area contributed by atoms with Gasteiger partial charge in [-0.05, 0) is 12.0 Å². The molecule has 16 heavy (non-hydrogen) atoms. The number of rotatable bonds is 5. The largest absolute Gasteiger partial charge is 0.480 e. The summed E-state index contributed by atoms with van der Waals surface area (Å²) in [7, 11) is 0. The molecule has 4 N–H and O–H groups in total. The van der Waals surface area contributed by atoms with Crippen LogP contribution in [-0.2, 0) is 11.3 Å². The molecule has 6 heteroatoms. The van der Waals surface area contributed by atoms with Crippen molar-refractivity contribution in [2.45, 2.75) is 32.5 Å². The molecule has 90 valence electrons. The molecule has 0 amide bonds. The lowest BCUT2D eigenvalue weighted by atomic mass is 10.1. The lowest BCUT2D eigenvalue weighted by Crippen LogP contribution is -2.36. The first-order valence-electron chi connectivity index (χ1n) is 5.11. The number of aliphatic hydroxyl groups excluding tert-OH is 1. The number of aliphatic carboxylic acids is 1. The Bertz CT molecular complexity index is 362. The Hall–Kier alpha value is -1.40. The van der Waals surface area contributed by atoms with Crippen LogP contribution in [0.4, 0.5) is 0 Å². The van der Waals surface area contributed by atoms with E-state index in [1.165, 1.54) is 0 Å². The highest BCUT2D eigenvalue weighted by molar-refractivity contribution is 5.74. The first-order valence-corrected chi connectivity index (χ1v) is 5.11. The van der Waals surface area contributed by atoms with E-state index >= 15 is 0 Å². The van der Waals surface area contributed by atoms with Gasteiger partial charge in [0.1, 0.15) is 12.1 Å². The van der Waals surface area contributed by atoms with Crippen LogP contribution in [0.5, 0.6) is 0 Å².